The van der Waals surface area contributed by atoms with E-state index in [1.165, 1.54) is 19.4 Å². The van der Waals surface area contributed by atoms with Crippen LogP contribution in [0.25, 0.3) is 11.0 Å². The number of alkyl halides is 2. The van der Waals surface area contributed by atoms with Gasteiger partial charge in [0.2, 0.25) is 0 Å². The number of rotatable bonds is 5. The highest BCUT2D eigenvalue weighted by Gasteiger charge is 2.38. The standard InChI is InChI=1S/C13H15F2NO2/c1-16-12(7-14)13(17,8-15)10-3-2-9-4-5-18-11(9)6-10/h2-6,12,16-17H,7-8H2,1H3. The third-order valence-electron chi connectivity index (χ3n) is 3.24. The first-order valence-electron chi connectivity index (χ1n) is 5.65. The summed E-state index contributed by atoms with van der Waals surface area (Å²) in [6.45, 7) is -1.94. The van der Waals surface area contributed by atoms with E-state index >= 15 is 0 Å². The van der Waals surface area contributed by atoms with Gasteiger partial charge in [0.25, 0.3) is 0 Å². The van der Waals surface area contributed by atoms with Crippen LogP contribution in [0.3, 0.4) is 0 Å². The molecule has 0 aliphatic heterocycles. The van der Waals surface area contributed by atoms with Crippen LogP contribution >= 0.6 is 0 Å². The van der Waals surface area contributed by atoms with Crippen LogP contribution in [0, 0.1) is 0 Å². The monoisotopic (exact) mass is 255 g/mol. The lowest BCUT2D eigenvalue weighted by Crippen LogP contribution is -2.50. The first-order chi connectivity index (χ1) is 8.65. The van der Waals surface area contributed by atoms with Crippen molar-refractivity contribution in [2.75, 3.05) is 20.4 Å². The zero-order valence-corrected chi connectivity index (χ0v) is 9.99. The summed E-state index contributed by atoms with van der Waals surface area (Å²) in [5.74, 6) is 0. The van der Waals surface area contributed by atoms with Gasteiger partial charge < -0.3 is 14.8 Å². The first kappa shape index (κ1) is 13.0. The van der Waals surface area contributed by atoms with Gasteiger partial charge in [0.15, 0.2) is 0 Å². The molecule has 0 spiro atoms. The molecule has 0 aliphatic carbocycles. The predicted molar refractivity (Wildman–Crippen MR) is 64.9 cm³/mol. The Balaban J connectivity index is 2.47. The SMILES string of the molecule is CNC(CF)C(O)(CF)c1ccc2ccoc2c1. The van der Waals surface area contributed by atoms with Gasteiger partial charge >= 0.3 is 0 Å². The van der Waals surface area contributed by atoms with E-state index in [0.717, 1.165) is 5.39 Å². The summed E-state index contributed by atoms with van der Waals surface area (Å²) < 4.78 is 31.3. The molecule has 0 saturated carbocycles. The number of fused-ring (bicyclic) bond motifs is 1. The molecule has 3 nitrogen and oxygen atoms in total. The number of hydrogen-bond donors (Lipinski definition) is 2. The van der Waals surface area contributed by atoms with Crippen molar-refractivity contribution in [3.05, 3.63) is 36.1 Å². The number of furan rings is 1. The minimum absolute atomic E-state index is 0.296. The third-order valence-corrected chi connectivity index (χ3v) is 3.24. The molecule has 0 fully saturated rings. The smallest absolute Gasteiger partial charge is 0.136 e. The molecule has 0 saturated heterocycles. The number of likely N-dealkylation sites (N-methyl/N-ethyl adjacent to an activating group) is 1. The van der Waals surface area contributed by atoms with E-state index in [1.54, 1.807) is 18.2 Å². The fourth-order valence-electron chi connectivity index (χ4n) is 2.04. The number of aliphatic hydroxyl groups is 1. The Kier molecular flexibility index (Phi) is 3.63. The summed E-state index contributed by atoms with van der Waals surface area (Å²) in [5, 5.41) is 13.8. The molecule has 0 aliphatic rings. The van der Waals surface area contributed by atoms with Crippen LogP contribution in [0.4, 0.5) is 8.78 Å². The second-order valence-corrected chi connectivity index (χ2v) is 4.23. The van der Waals surface area contributed by atoms with E-state index in [2.05, 4.69) is 5.32 Å². The van der Waals surface area contributed by atoms with Crippen molar-refractivity contribution in [2.24, 2.45) is 0 Å². The van der Waals surface area contributed by atoms with Crippen LogP contribution in [0.5, 0.6) is 0 Å². The quantitative estimate of drug-likeness (QED) is 0.860. The predicted octanol–water partition coefficient (Wildman–Crippen LogP) is 2.15. The second kappa shape index (κ2) is 5.04. The van der Waals surface area contributed by atoms with Crippen molar-refractivity contribution in [3.63, 3.8) is 0 Å². The van der Waals surface area contributed by atoms with Gasteiger partial charge in [-0.05, 0) is 24.7 Å². The number of nitrogens with one attached hydrogen (secondary N) is 1. The van der Waals surface area contributed by atoms with Gasteiger partial charge in [-0.15, -0.1) is 0 Å². The molecule has 0 amide bonds. The molecule has 2 N–H and O–H groups in total. The summed E-state index contributed by atoms with van der Waals surface area (Å²) in [4.78, 5) is 0. The van der Waals surface area contributed by atoms with Gasteiger partial charge in [0, 0.05) is 5.39 Å². The van der Waals surface area contributed by atoms with E-state index < -0.39 is 25.0 Å². The highest BCUT2D eigenvalue weighted by atomic mass is 19.1. The molecular weight excluding hydrogens is 240 g/mol. The summed E-state index contributed by atoms with van der Waals surface area (Å²) >= 11 is 0. The maximum atomic E-state index is 13.2. The highest BCUT2D eigenvalue weighted by Crippen LogP contribution is 2.29. The van der Waals surface area contributed by atoms with Gasteiger partial charge in [-0.3, -0.25) is 0 Å². The summed E-state index contributed by atoms with van der Waals surface area (Å²) in [6, 6.07) is 5.58. The van der Waals surface area contributed by atoms with Crippen molar-refractivity contribution >= 4 is 11.0 Å². The van der Waals surface area contributed by atoms with Gasteiger partial charge in [-0.2, -0.15) is 0 Å². The molecule has 2 aromatic rings. The molecule has 1 heterocycles. The Morgan fingerprint density at radius 2 is 2.17 bits per heavy atom. The van der Waals surface area contributed by atoms with E-state index in [4.69, 9.17) is 4.42 Å². The molecule has 18 heavy (non-hydrogen) atoms. The first-order valence-corrected chi connectivity index (χ1v) is 5.65. The molecule has 1 aromatic heterocycles. The Hall–Kier alpha value is -1.46. The molecule has 98 valence electrons. The molecule has 0 radical (unpaired) electrons. The molecule has 2 unspecified atom stereocenters. The maximum Gasteiger partial charge on any atom is 0.136 e. The zero-order chi connectivity index (χ0) is 13.2. The minimum Gasteiger partial charge on any atom is -0.464 e. The van der Waals surface area contributed by atoms with Gasteiger partial charge in [0.1, 0.15) is 24.5 Å². The third kappa shape index (κ3) is 2.00. The Morgan fingerprint density at radius 3 is 2.78 bits per heavy atom. The lowest BCUT2D eigenvalue weighted by molar-refractivity contribution is -0.0294. The molecule has 0 bridgehead atoms. The average Bonchev–Trinajstić information content (AvgIpc) is 2.86. The Labute approximate surface area is 103 Å². The molecule has 2 rings (SSSR count). The van der Waals surface area contributed by atoms with Crippen LogP contribution in [-0.4, -0.2) is 31.5 Å². The zero-order valence-electron chi connectivity index (χ0n) is 9.99. The molecule has 5 heteroatoms. The fraction of sp³-hybridized carbons (Fsp3) is 0.385. The second-order valence-electron chi connectivity index (χ2n) is 4.23. The summed E-state index contributed by atoms with van der Waals surface area (Å²) in [6.07, 6.45) is 1.51. The molecule has 2 atom stereocenters. The Bertz CT molecular complexity index is 524. The summed E-state index contributed by atoms with van der Waals surface area (Å²) in [5.41, 5.74) is -1.07. The highest BCUT2D eigenvalue weighted by molar-refractivity contribution is 5.77. The largest absolute Gasteiger partial charge is 0.464 e. The molecular formula is C13H15F2NO2. The minimum atomic E-state index is -1.90. The van der Waals surface area contributed by atoms with Crippen LogP contribution in [0.2, 0.25) is 0 Å². The van der Waals surface area contributed by atoms with E-state index in [-0.39, 0.29) is 0 Å². The maximum absolute atomic E-state index is 13.2. The molecule has 1 aromatic carbocycles. The van der Waals surface area contributed by atoms with E-state index in [1.807, 2.05) is 0 Å². The number of halogens is 2. The van der Waals surface area contributed by atoms with E-state index in [0.29, 0.717) is 11.1 Å². The van der Waals surface area contributed by atoms with Gasteiger partial charge in [-0.25, -0.2) is 8.78 Å². The van der Waals surface area contributed by atoms with Crippen LogP contribution in [0.15, 0.2) is 34.9 Å². The summed E-state index contributed by atoms with van der Waals surface area (Å²) in [7, 11) is 1.48. The lowest BCUT2D eigenvalue weighted by Gasteiger charge is -2.32. The average molecular weight is 255 g/mol. The number of benzene rings is 1. The van der Waals surface area contributed by atoms with Gasteiger partial charge in [0.05, 0.1) is 12.3 Å². The normalized spacial score (nSPS) is 16.7. The van der Waals surface area contributed by atoms with Crippen molar-refractivity contribution in [3.8, 4) is 0 Å². The van der Waals surface area contributed by atoms with Crippen molar-refractivity contribution in [2.45, 2.75) is 11.6 Å². The van der Waals surface area contributed by atoms with Gasteiger partial charge in [-0.1, -0.05) is 12.1 Å². The van der Waals surface area contributed by atoms with Crippen LogP contribution in [-0.2, 0) is 5.60 Å². The Morgan fingerprint density at radius 1 is 1.39 bits per heavy atom. The van der Waals surface area contributed by atoms with Crippen molar-refractivity contribution in [1.29, 1.82) is 0 Å². The van der Waals surface area contributed by atoms with E-state index in [9.17, 15) is 13.9 Å². The van der Waals surface area contributed by atoms with Crippen molar-refractivity contribution in [1.82, 2.24) is 5.32 Å². The number of hydrogen-bond acceptors (Lipinski definition) is 3. The topological polar surface area (TPSA) is 45.4 Å². The van der Waals surface area contributed by atoms with Crippen LogP contribution in [0.1, 0.15) is 5.56 Å². The van der Waals surface area contributed by atoms with Crippen molar-refractivity contribution < 1.29 is 18.3 Å². The lowest BCUT2D eigenvalue weighted by atomic mass is 9.87. The van der Waals surface area contributed by atoms with Crippen LogP contribution < -0.4 is 5.32 Å². The fourth-order valence-corrected chi connectivity index (χ4v) is 2.04.